The monoisotopic (exact) mass is 200 g/mol. The van der Waals surface area contributed by atoms with Gasteiger partial charge in [-0.25, -0.2) is 0 Å². The highest BCUT2D eigenvalue weighted by molar-refractivity contribution is 5.83. The minimum absolute atomic E-state index is 0.0292. The molecule has 1 rings (SSSR count). The summed E-state index contributed by atoms with van der Waals surface area (Å²) in [4.78, 5) is 11.9. The maximum absolute atomic E-state index is 11.9. The standard InChI is InChI=1S/C10H20N2O2/c1-9(2,7-13)12-8(14)10(3)4-5-11-6-10/h11,13H,4-7H2,1-3H3,(H,12,14). The second kappa shape index (κ2) is 3.87. The Morgan fingerprint density at radius 1 is 1.64 bits per heavy atom. The quantitative estimate of drug-likeness (QED) is 0.595. The fourth-order valence-corrected chi connectivity index (χ4v) is 1.51. The van der Waals surface area contributed by atoms with Crippen LogP contribution in [0.25, 0.3) is 0 Å². The average molecular weight is 200 g/mol. The number of aliphatic hydroxyl groups is 1. The van der Waals surface area contributed by atoms with E-state index < -0.39 is 5.54 Å². The summed E-state index contributed by atoms with van der Waals surface area (Å²) >= 11 is 0. The van der Waals surface area contributed by atoms with Crippen molar-refractivity contribution in [2.45, 2.75) is 32.7 Å². The van der Waals surface area contributed by atoms with Crippen molar-refractivity contribution in [1.82, 2.24) is 10.6 Å². The first kappa shape index (κ1) is 11.5. The van der Waals surface area contributed by atoms with Crippen LogP contribution >= 0.6 is 0 Å². The summed E-state index contributed by atoms with van der Waals surface area (Å²) in [6.45, 7) is 7.16. The average Bonchev–Trinajstić information content (AvgIpc) is 2.53. The predicted molar refractivity (Wildman–Crippen MR) is 54.9 cm³/mol. The molecule has 0 saturated carbocycles. The summed E-state index contributed by atoms with van der Waals surface area (Å²) in [7, 11) is 0. The van der Waals surface area contributed by atoms with Gasteiger partial charge in [-0.3, -0.25) is 4.79 Å². The highest BCUT2D eigenvalue weighted by atomic mass is 16.3. The number of amides is 1. The van der Waals surface area contributed by atoms with Crippen LogP contribution in [-0.4, -0.2) is 36.2 Å². The second-order valence-electron chi connectivity index (χ2n) is 4.98. The molecule has 1 unspecified atom stereocenters. The van der Waals surface area contributed by atoms with Gasteiger partial charge in [0.05, 0.1) is 17.6 Å². The normalized spacial score (nSPS) is 27.7. The number of nitrogens with one attached hydrogen (secondary N) is 2. The fourth-order valence-electron chi connectivity index (χ4n) is 1.51. The molecule has 4 nitrogen and oxygen atoms in total. The Hall–Kier alpha value is -0.610. The Morgan fingerprint density at radius 3 is 2.71 bits per heavy atom. The molecular weight excluding hydrogens is 180 g/mol. The van der Waals surface area contributed by atoms with Crippen LogP contribution in [0.2, 0.25) is 0 Å². The molecule has 4 heteroatoms. The largest absolute Gasteiger partial charge is 0.394 e. The van der Waals surface area contributed by atoms with Gasteiger partial charge in [-0.2, -0.15) is 0 Å². The lowest BCUT2D eigenvalue weighted by Gasteiger charge is -2.29. The van der Waals surface area contributed by atoms with Gasteiger partial charge in [0.1, 0.15) is 0 Å². The number of aliphatic hydroxyl groups excluding tert-OH is 1. The first-order chi connectivity index (χ1) is 6.40. The van der Waals surface area contributed by atoms with E-state index in [0.717, 1.165) is 19.5 Å². The molecule has 0 aromatic heterocycles. The Kier molecular flexibility index (Phi) is 3.17. The van der Waals surface area contributed by atoms with Gasteiger partial charge in [0, 0.05) is 6.54 Å². The Morgan fingerprint density at radius 2 is 2.29 bits per heavy atom. The lowest BCUT2D eigenvalue weighted by molar-refractivity contribution is -0.131. The lowest BCUT2D eigenvalue weighted by Crippen LogP contribution is -2.52. The molecule has 0 bridgehead atoms. The maximum atomic E-state index is 11.9. The molecule has 1 aliphatic rings. The van der Waals surface area contributed by atoms with Crippen LogP contribution in [-0.2, 0) is 4.79 Å². The summed E-state index contributed by atoms with van der Waals surface area (Å²) in [6, 6.07) is 0. The van der Waals surface area contributed by atoms with E-state index in [-0.39, 0.29) is 17.9 Å². The van der Waals surface area contributed by atoms with Gasteiger partial charge >= 0.3 is 0 Å². The third-order valence-corrected chi connectivity index (χ3v) is 2.76. The van der Waals surface area contributed by atoms with Crippen LogP contribution in [0.15, 0.2) is 0 Å². The summed E-state index contributed by atoms with van der Waals surface area (Å²) in [5.74, 6) is 0.0292. The third-order valence-electron chi connectivity index (χ3n) is 2.76. The van der Waals surface area contributed by atoms with Crippen molar-refractivity contribution >= 4 is 5.91 Å². The fraction of sp³-hybridized carbons (Fsp3) is 0.900. The number of rotatable bonds is 3. The van der Waals surface area contributed by atoms with Crippen LogP contribution in [0.5, 0.6) is 0 Å². The van der Waals surface area contributed by atoms with E-state index in [0.29, 0.717) is 0 Å². The molecule has 1 amide bonds. The molecule has 0 aromatic carbocycles. The topological polar surface area (TPSA) is 61.4 Å². The zero-order valence-electron chi connectivity index (χ0n) is 9.18. The van der Waals surface area contributed by atoms with Gasteiger partial charge in [0.15, 0.2) is 0 Å². The number of carbonyl (C=O) groups excluding carboxylic acids is 1. The van der Waals surface area contributed by atoms with E-state index in [9.17, 15) is 4.79 Å². The van der Waals surface area contributed by atoms with Crippen molar-refractivity contribution in [3.05, 3.63) is 0 Å². The van der Waals surface area contributed by atoms with E-state index >= 15 is 0 Å². The summed E-state index contributed by atoms with van der Waals surface area (Å²) in [5, 5.41) is 15.1. The van der Waals surface area contributed by atoms with Crippen LogP contribution in [0.4, 0.5) is 0 Å². The Bertz CT molecular complexity index is 220. The molecule has 1 atom stereocenters. The van der Waals surface area contributed by atoms with Crippen molar-refractivity contribution in [2.75, 3.05) is 19.7 Å². The van der Waals surface area contributed by atoms with Gasteiger partial charge in [0.25, 0.3) is 0 Å². The van der Waals surface area contributed by atoms with E-state index in [1.54, 1.807) is 0 Å². The van der Waals surface area contributed by atoms with Gasteiger partial charge in [-0.05, 0) is 33.7 Å². The molecule has 3 N–H and O–H groups in total. The molecule has 1 heterocycles. The molecule has 0 spiro atoms. The maximum Gasteiger partial charge on any atom is 0.227 e. The molecule has 1 saturated heterocycles. The van der Waals surface area contributed by atoms with Crippen LogP contribution in [0.1, 0.15) is 27.2 Å². The predicted octanol–water partition coefficient (Wildman–Crippen LogP) is -0.127. The van der Waals surface area contributed by atoms with Crippen molar-refractivity contribution < 1.29 is 9.90 Å². The van der Waals surface area contributed by atoms with Gasteiger partial charge in [-0.15, -0.1) is 0 Å². The molecule has 0 radical (unpaired) electrons. The van der Waals surface area contributed by atoms with Crippen LogP contribution < -0.4 is 10.6 Å². The van der Waals surface area contributed by atoms with E-state index in [1.165, 1.54) is 0 Å². The zero-order chi connectivity index (χ0) is 10.8. The van der Waals surface area contributed by atoms with Crippen molar-refractivity contribution in [1.29, 1.82) is 0 Å². The molecule has 82 valence electrons. The molecule has 14 heavy (non-hydrogen) atoms. The van der Waals surface area contributed by atoms with Gasteiger partial charge < -0.3 is 15.7 Å². The first-order valence-corrected chi connectivity index (χ1v) is 5.04. The number of hydrogen-bond donors (Lipinski definition) is 3. The molecule has 1 fully saturated rings. The van der Waals surface area contributed by atoms with Crippen LogP contribution in [0, 0.1) is 5.41 Å². The van der Waals surface area contributed by atoms with Crippen molar-refractivity contribution in [3.63, 3.8) is 0 Å². The summed E-state index contributed by atoms with van der Waals surface area (Å²) < 4.78 is 0. The smallest absolute Gasteiger partial charge is 0.227 e. The van der Waals surface area contributed by atoms with E-state index in [4.69, 9.17) is 5.11 Å². The van der Waals surface area contributed by atoms with Crippen molar-refractivity contribution in [2.24, 2.45) is 5.41 Å². The van der Waals surface area contributed by atoms with E-state index in [2.05, 4.69) is 10.6 Å². The minimum atomic E-state index is -0.525. The number of hydrogen-bond acceptors (Lipinski definition) is 3. The minimum Gasteiger partial charge on any atom is -0.394 e. The highest BCUT2D eigenvalue weighted by Crippen LogP contribution is 2.25. The first-order valence-electron chi connectivity index (χ1n) is 5.04. The highest BCUT2D eigenvalue weighted by Gasteiger charge is 2.38. The van der Waals surface area contributed by atoms with Gasteiger partial charge in [0.2, 0.25) is 5.91 Å². The molecule has 0 aliphatic carbocycles. The SMILES string of the molecule is CC(C)(CO)NC(=O)C1(C)CCNC1. The summed E-state index contributed by atoms with van der Waals surface area (Å²) in [5.41, 5.74) is -0.838. The van der Waals surface area contributed by atoms with Crippen LogP contribution in [0.3, 0.4) is 0 Å². The molecule has 0 aromatic rings. The zero-order valence-corrected chi connectivity index (χ0v) is 9.18. The molecule has 1 aliphatic heterocycles. The Balaban J connectivity index is 2.57. The van der Waals surface area contributed by atoms with Gasteiger partial charge in [-0.1, -0.05) is 0 Å². The Labute approximate surface area is 85.1 Å². The van der Waals surface area contributed by atoms with Crippen molar-refractivity contribution in [3.8, 4) is 0 Å². The summed E-state index contributed by atoms with van der Waals surface area (Å²) in [6.07, 6.45) is 0.861. The number of carbonyl (C=O) groups is 1. The second-order valence-corrected chi connectivity index (χ2v) is 4.98. The molecular formula is C10H20N2O2. The van der Waals surface area contributed by atoms with E-state index in [1.807, 2.05) is 20.8 Å². The third kappa shape index (κ3) is 2.45. The lowest BCUT2D eigenvalue weighted by atomic mass is 9.87.